The second-order valence-electron chi connectivity index (χ2n) is 5.42. The standard InChI is InChI=1S/C18H23NO2/c1-12-5-6-13(2)16(9-12)11-21-17-8-7-15(14(3)19)10-18(17)20-4/h5-10,14H,11,19H2,1-4H3/t14-/m0/s1. The molecule has 2 N–H and O–H groups in total. The molecule has 0 saturated heterocycles. The molecule has 0 fully saturated rings. The van der Waals surface area contributed by atoms with Crippen molar-refractivity contribution in [2.45, 2.75) is 33.4 Å². The minimum atomic E-state index is -0.0213. The van der Waals surface area contributed by atoms with Crippen LogP contribution in [0.25, 0.3) is 0 Å². The van der Waals surface area contributed by atoms with Gasteiger partial charge in [-0.15, -0.1) is 0 Å². The number of rotatable bonds is 5. The van der Waals surface area contributed by atoms with Crippen LogP contribution in [0.3, 0.4) is 0 Å². The monoisotopic (exact) mass is 285 g/mol. The van der Waals surface area contributed by atoms with Gasteiger partial charge >= 0.3 is 0 Å². The van der Waals surface area contributed by atoms with E-state index in [1.165, 1.54) is 16.7 Å². The van der Waals surface area contributed by atoms with Crippen LogP contribution in [0.5, 0.6) is 11.5 Å². The molecular weight excluding hydrogens is 262 g/mol. The van der Waals surface area contributed by atoms with Crippen LogP contribution < -0.4 is 15.2 Å². The third-order valence-corrected chi connectivity index (χ3v) is 3.60. The van der Waals surface area contributed by atoms with E-state index in [0.29, 0.717) is 6.61 Å². The van der Waals surface area contributed by atoms with Gasteiger partial charge < -0.3 is 15.2 Å². The number of ether oxygens (including phenoxy) is 2. The lowest BCUT2D eigenvalue weighted by Crippen LogP contribution is -2.06. The fourth-order valence-electron chi connectivity index (χ4n) is 2.20. The molecule has 1 atom stereocenters. The number of hydrogen-bond acceptors (Lipinski definition) is 3. The van der Waals surface area contributed by atoms with E-state index in [4.69, 9.17) is 15.2 Å². The molecule has 3 nitrogen and oxygen atoms in total. The van der Waals surface area contributed by atoms with Crippen LogP contribution in [0, 0.1) is 13.8 Å². The van der Waals surface area contributed by atoms with Crippen LogP contribution >= 0.6 is 0 Å². The predicted octanol–water partition coefficient (Wildman–Crippen LogP) is 3.91. The molecular formula is C18H23NO2. The number of benzene rings is 2. The summed E-state index contributed by atoms with van der Waals surface area (Å²) < 4.78 is 11.3. The summed E-state index contributed by atoms with van der Waals surface area (Å²) in [4.78, 5) is 0. The van der Waals surface area contributed by atoms with Crippen molar-refractivity contribution >= 4 is 0 Å². The average molecular weight is 285 g/mol. The second kappa shape index (κ2) is 6.64. The van der Waals surface area contributed by atoms with Crippen molar-refractivity contribution in [2.75, 3.05) is 7.11 Å². The minimum absolute atomic E-state index is 0.0213. The van der Waals surface area contributed by atoms with E-state index < -0.39 is 0 Å². The van der Waals surface area contributed by atoms with Gasteiger partial charge in [-0.1, -0.05) is 29.8 Å². The summed E-state index contributed by atoms with van der Waals surface area (Å²) in [5.74, 6) is 1.46. The molecule has 2 aromatic carbocycles. The molecule has 2 rings (SSSR count). The third-order valence-electron chi connectivity index (χ3n) is 3.60. The van der Waals surface area contributed by atoms with Gasteiger partial charge in [-0.3, -0.25) is 0 Å². The molecule has 21 heavy (non-hydrogen) atoms. The summed E-state index contributed by atoms with van der Waals surface area (Å²) in [6, 6.07) is 12.2. The molecule has 0 bridgehead atoms. The molecule has 0 spiro atoms. The Kier molecular flexibility index (Phi) is 4.86. The minimum Gasteiger partial charge on any atom is -0.493 e. The van der Waals surface area contributed by atoms with E-state index in [-0.39, 0.29) is 6.04 Å². The first-order valence-corrected chi connectivity index (χ1v) is 7.13. The van der Waals surface area contributed by atoms with E-state index in [9.17, 15) is 0 Å². The molecule has 0 aliphatic heterocycles. The number of methoxy groups -OCH3 is 1. The fraction of sp³-hybridized carbons (Fsp3) is 0.333. The number of aryl methyl sites for hydroxylation is 2. The van der Waals surface area contributed by atoms with Crippen molar-refractivity contribution < 1.29 is 9.47 Å². The van der Waals surface area contributed by atoms with Crippen molar-refractivity contribution in [3.8, 4) is 11.5 Å². The summed E-state index contributed by atoms with van der Waals surface area (Å²) in [7, 11) is 1.64. The highest BCUT2D eigenvalue weighted by molar-refractivity contribution is 5.44. The summed E-state index contributed by atoms with van der Waals surface area (Å²) >= 11 is 0. The molecule has 0 unspecified atom stereocenters. The second-order valence-corrected chi connectivity index (χ2v) is 5.42. The molecule has 0 heterocycles. The van der Waals surface area contributed by atoms with Crippen molar-refractivity contribution in [1.82, 2.24) is 0 Å². The maximum absolute atomic E-state index is 5.92. The van der Waals surface area contributed by atoms with E-state index in [1.54, 1.807) is 7.11 Å². The Bertz CT molecular complexity index is 621. The first-order valence-electron chi connectivity index (χ1n) is 7.13. The lowest BCUT2D eigenvalue weighted by molar-refractivity contribution is 0.283. The van der Waals surface area contributed by atoms with Gasteiger partial charge in [-0.2, -0.15) is 0 Å². The van der Waals surface area contributed by atoms with Gasteiger partial charge in [0.1, 0.15) is 6.61 Å². The molecule has 0 aromatic heterocycles. The highest BCUT2D eigenvalue weighted by Crippen LogP contribution is 2.30. The van der Waals surface area contributed by atoms with Crippen LogP contribution in [0.4, 0.5) is 0 Å². The normalized spacial score (nSPS) is 12.0. The van der Waals surface area contributed by atoms with Crippen molar-refractivity contribution in [2.24, 2.45) is 5.73 Å². The molecule has 2 aromatic rings. The van der Waals surface area contributed by atoms with E-state index in [1.807, 2.05) is 25.1 Å². The Morgan fingerprint density at radius 2 is 1.81 bits per heavy atom. The zero-order valence-electron chi connectivity index (χ0n) is 13.1. The summed E-state index contributed by atoms with van der Waals surface area (Å²) in [6.45, 7) is 6.66. The van der Waals surface area contributed by atoms with Crippen LogP contribution in [-0.2, 0) is 6.61 Å². The zero-order chi connectivity index (χ0) is 15.4. The van der Waals surface area contributed by atoms with Crippen molar-refractivity contribution in [1.29, 1.82) is 0 Å². The van der Waals surface area contributed by atoms with E-state index in [0.717, 1.165) is 17.1 Å². The van der Waals surface area contributed by atoms with Crippen LogP contribution in [0.2, 0.25) is 0 Å². The first-order chi connectivity index (χ1) is 10.0. The number of hydrogen-bond donors (Lipinski definition) is 1. The highest BCUT2D eigenvalue weighted by atomic mass is 16.5. The molecule has 0 amide bonds. The van der Waals surface area contributed by atoms with Gasteiger partial charge in [0, 0.05) is 6.04 Å². The Balaban J connectivity index is 2.18. The Morgan fingerprint density at radius 1 is 1.05 bits per heavy atom. The topological polar surface area (TPSA) is 44.5 Å². The summed E-state index contributed by atoms with van der Waals surface area (Å²) in [6.07, 6.45) is 0. The molecule has 0 aliphatic carbocycles. The molecule has 0 aliphatic rings. The highest BCUT2D eigenvalue weighted by Gasteiger charge is 2.09. The molecule has 112 valence electrons. The number of nitrogens with two attached hydrogens (primary N) is 1. The fourth-order valence-corrected chi connectivity index (χ4v) is 2.20. The smallest absolute Gasteiger partial charge is 0.161 e. The van der Waals surface area contributed by atoms with Gasteiger partial charge in [-0.25, -0.2) is 0 Å². The van der Waals surface area contributed by atoms with E-state index in [2.05, 4.69) is 32.0 Å². The van der Waals surface area contributed by atoms with Gasteiger partial charge in [0.05, 0.1) is 7.11 Å². The molecule has 0 saturated carbocycles. The van der Waals surface area contributed by atoms with Crippen molar-refractivity contribution in [3.63, 3.8) is 0 Å². The zero-order valence-corrected chi connectivity index (χ0v) is 13.1. The Hall–Kier alpha value is -2.00. The van der Waals surface area contributed by atoms with E-state index >= 15 is 0 Å². The Labute approximate surface area is 126 Å². The maximum atomic E-state index is 5.92. The van der Waals surface area contributed by atoms with Crippen molar-refractivity contribution in [3.05, 3.63) is 58.7 Å². The molecule has 0 radical (unpaired) electrons. The third kappa shape index (κ3) is 3.76. The first kappa shape index (κ1) is 15.4. The van der Waals surface area contributed by atoms with Gasteiger partial charge in [0.25, 0.3) is 0 Å². The average Bonchev–Trinajstić information content (AvgIpc) is 2.47. The lowest BCUT2D eigenvalue weighted by Gasteiger charge is -2.14. The largest absolute Gasteiger partial charge is 0.493 e. The van der Waals surface area contributed by atoms with Gasteiger partial charge in [-0.05, 0) is 49.6 Å². The van der Waals surface area contributed by atoms with Crippen LogP contribution in [0.1, 0.15) is 35.2 Å². The van der Waals surface area contributed by atoms with Crippen LogP contribution in [0.15, 0.2) is 36.4 Å². The predicted molar refractivity (Wildman–Crippen MR) is 85.8 cm³/mol. The Morgan fingerprint density at radius 3 is 2.48 bits per heavy atom. The summed E-state index contributed by atoms with van der Waals surface area (Å²) in [5, 5.41) is 0. The quantitative estimate of drug-likeness (QED) is 0.905. The molecule has 3 heteroatoms. The van der Waals surface area contributed by atoms with Crippen LogP contribution in [-0.4, -0.2) is 7.11 Å². The lowest BCUT2D eigenvalue weighted by atomic mass is 10.1. The summed E-state index contributed by atoms with van der Waals surface area (Å²) in [5.41, 5.74) is 10.6. The SMILES string of the molecule is COc1cc([C@H](C)N)ccc1OCc1cc(C)ccc1C. The van der Waals surface area contributed by atoms with Gasteiger partial charge in [0.15, 0.2) is 11.5 Å². The maximum Gasteiger partial charge on any atom is 0.161 e. The van der Waals surface area contributed by atoms with Gasteiger partial charge in [0.2, 0.25) is 0 Å².